The Bertz CT molecular complexity index is 1230. The van der Waals surface area contributed by atoms with E-state index < -0.39 is 18.3 Å². The second-order valence-corrected chi connectivity index (χ2v) is 15.3. The highest BCUT2D eigenvalue weighted by atomic mass is 19.1. The molecule has 0 unspecified atom stereocenters. The number of rotatable bonds is 6. The lowest BCUT2D eigenvalue weighted by atomic mass is 9.35. The van der Waals surface area contributed by atoms with Gasteiger partial charge in [0, 0.05) is 23.7 Å². The number of ether oxygens (including phenoxy) is 2. The molecule has 0 spiro atoms. The van der Waals surface area contributed by atoms with Crippen LogP contribution in [-0.2, 0) is 19.5 Å². The molecule has 210 valence electrons. The van der Waals surface area contributed by atoms with Gasteiger partial charge >= 0.3 is 7.12 Å². The second kappa shape index (κ2) is 8.56. The van der Waals surface area contributed by atoms with Gasteiger partial charge in [0.25, 0.3) is 0 Å². The molecule has 4 bridgehead atoms. The Hall–Kier alpha value is -1.89. The molecule has 7 rings (SSSR count). The molecule has 39 heavy (non-hydrogen) atoms. The van der Waals surface area contributed by atoms with Crippen LogP contribution in [0.15, 0.2) is 36.4 Å². The number of hydrogen-bond acceptors (Lipinski definition) is 4. The molecule has 5 fully saturated rings. The van der Waals surface area contributed by atoms with Crippen molar-refractivity contribution in [2.75, 3.05) is 13.9 Å². The molecule has 0 N–H and O–H groups in total. The average molecular weight is 535 g/mol. The van der Waals surface area contributed by atoms with Gasteiger partial charge in [0.2, 0.25) is 0 Å². The zero-order valence-electron chi connectivity index (χ0n) is 25.0. The molecule has 2 aromatic rings. The molecule has 0 amide bonds. The largest absolute Gasteiger partial charge is 0.495 e. The quantitative estimate of drug-likeness (QED) is 0.286. The molecule has 0 radical (unpaired) electrons. The van der Waals surface area contributed by atoms with Crippen LogP contribution in [0.3, 0.4) is 0 Å². The highest BCUT2D eigenvalue weighted by Crippen LogP contribution is 2.74. The van der Waals surface area contributed by atoms with Crippen LogP contribution < -0.4 is 10.2 Å². The van der Waals surface area contributed by atoms with Gasteiger partial charge in [-0.25, -0.2) is 4.39 Å². The van der Waals surface area contributed by atoms with E-state index in [1.165, 1.54) is 19.3 Å². The monoisotopic (exact) mass is 534 g/mol. The van der Waals surface area contributed by atoms with Crippen molar-refractivity contribution in [2.45, 2.75) is 104 Å². The van der Waals surface area contributed by atoms with E-state index in [1.807, 2.05) is 24.3 Å². The van der Waals surface area contributed by atoms with Crippen LogP contribution >= 0.6 is 0 Å². The first-order chi connectivity index (χ1) is 18.1. The Morgan fingerprint density at radius 1 is 0.769 bits per heavy atom. The van der Waals surface area contributed by atoms with Crippen LogP contribution in [0, 0.1) is 22.1 Å². The van der Waals surface area contributed by atoms with E-state index in [9.17, 15) is 0 Å². The van der Waals surface area contributed by atoms with Gasteiger partial charge in [-0.1, -0.05) is 45.0 Å². The minimum atomic E-state index is -0.565. The topological polar surface area (TPSA) is 36.9 Å². The highest BCUT2D eigenvalue weighted by molar-refractivity contribution is 6.64. The zero-order chi connectivity index (χ0) is 28.1. The summed E-state index contributed by atoms with van der Waals surface area (Å²) in [5.41, 5.74) is 3.16. The summed E-state index contributed by atoms with van der Waals surface area (Å²) in [6.45, 7) is 15.7. The Morgan fingerprint density at radius 3 is 1.85 bits per heavy atom. The standard InChI is InChI=1S/C33H44BFO4/c1-28(2)29(3,4)39-34(38-28)26-12-10-9-11-23(26)24-13-22(35)14-25(27(24)37-21-36-8)33-18-30(5)15-31(6,19-33)17-32(7,16-30)20-33/h9-14H,15-21H2,1-8H3. The van der Waals surface area contributed by atoms with Gasteiger partial charge < -0.3 is 18.8 Å². The summed E-state index contributed by atoms with van der Waals surface area (Å²) in [5.74, 6) is 0.504. The lowest BCUT2D eigenvalue weighted by Crippen LogP contribution is -2.60. The van der Waals surface area contributed by atoms with Crippen molar-refractivity contribution in [3.63, 3.8) is 0 Å². The smallest absolute Gasteiger partial charge is 0.467 e. The van der Waals surface area contributed by atoms with E-state index in [0.29, 0.717) is 0 Å². The minimum absolute atomic E-state index is 0.103. The number of methoxy groups -OCH3 is 1. The summed E-state index contributed by atoms with van der Waals surface area (Å²) >= 11 is 0. The Kier molecular flexibility index (Phi) is 5.99. The maximum absolute atomic E-state index is 15.8. The molecule has 2 aromatic carbocycles. The van der Waals surface area contributed by atoms with Crippen LogP contribution in [0.5, 0.6) is 5.75 Å². The fraction of sp³-hybridized carbons (Fsp3) is 0.636. The molecule has 0 aromatic heterocycles. The average Bonchev–Trinajstić information content (AvgIpc) is 3.01. The molecule has 4 nitrogen and oxygen atoms in total. The molecule has 5 aliphatic rings. The van der Waals surface area contributed by atoms with Crippen molar-refractivity contribution in [2.24, 2.45) is 16.2 Å². The van der Waals surface area contributed by atoms with Crippen molar-refractivity contribution < 1.29 is 23.2 Å². The lowest BCUT2D eigenvalue weighted by Gasteiger charge is -2.69. The predicted octanol–water partition coefficient (Wildman–Crippen LogP) is 7.41. The number of benzene rings is 2. The van der Waals surface area contributed by atoms with E-state index in [1.54, 1.807) is 19.2 Å². The lowest BCUT2D eigenvalue weighted by molar-refractivity contribution is -0.152. The number of halogens is 1. The fourth-order valence-electron chi connectivity index (χ4n) is 9.96. The minimum Gasteiger partial charge on any atom is -0.467 e. The van der Waals surface area contributed by atoms with Crippen molar-refractivity contribution in [1.82, 2.24) is 0 Å². The third-order valence-electron chi connectivity index (χ3n) is 10.6. The Labute approximate surface area is 234 Å². The maximum atomic E-state index is 15.8. The van der Waals surface area contributed by atoms with Gasteiger partial charge in [0.15, 0.2) is 6.79 Å². The van der Waals surface area contributed by atoms with E-state index in [-0.39, 0.29) is 34.3 Å². The fourth-order valence-corrected chi connectivity index (χ4v) is 9.96. The summed E-state index contributed by atoms with van der Waals surface area (Å²) in [4.78, 5) is 0. The van der Waals surface area contributed by atoms with Crippen LogP contribution in [0.25, 0.3) is 11.1 Å². The first-order valence-electron chi connectivity index (χ1n) is 14.5. The molecular formula is C33H44BFO4. The molecule has 6 heteroatoms. The second-order valence-electron chi connectivity index (χ2n) is 15.3. The predicted molar refractivity (Wildman–Crippen MR) is 154 cm³/mol. The SMILES string of the molecule is COCOc1c(-c2ccccc2B2OC(C)(C)C(C)(C)O2)cc(F)cc1C12CC3(C)CC(C)(CC(C)(C3)C1)C2. The maximum Gasteiger partial charge on any atom is 0.495 e. The van der Waals surface area contributed by atoms with E-state index in [2.05, 4.69) is 48.5 Å². The van der Waals surface area contributed by atoms with E-state index >= 15 is 4.39 Å². The third-order valence-corrected chi connectivity index (χ3v) is 10.6. The number of hydrogen-bond donors (Lipinski definition) is 0. The van der Waals surface area contributed by atoms with Crippen LogP contribution in [0.1, 0.15) is 92.6 Å². The van der Waals surface area contributed by atoms with Gasteiger partial charge in [-0.3, -0.25) is 0 Å². The Balaban J connectivity index is 1.53. The van der Waals surface area contributed by atoms with E-state index in [0.717, 1.165) is 47.2 Å². The van der Waals surface area contributed by atoms with Crippen LogP contribution in [0.4, 0.5) is 4.39 Å². The van der Waals surface area contributed by atoms with E-state index in [4.69, 9.17) is 18.8 Å². The van der Waals surface area contributed by atoms with Gasteiger partial charge in [0.05, 0.1) is 11.2 Å². The summed E-state index contributed by atoms with van der Waals surface area (Å²) in [6, 6.07) is 11.4. The van der Waals surface area contributed by atoms with Crippen molar-refractivity contribution in [1.29, 1.82) is 0 Å². The summed E-state index contributed by atoms with van der Waals surface area (Å²) in [5, 5.41) is 0. The molecule has 4 saturated carbocycles. The third kappa shape index (κ3) is 4.37. The van der Waals surface area contributed by atoms with Crippen molar-refractivity contribution in [3.8, 4) is 16.9 Å². The summed E-state index contributed by atoms with van der Waals surface area (Å²) in [7, 11) is 1.07. The molecule has 0 atom stereocenters. The van der Waals surface area contributed by atoms with Crippen LogP contribution in [0.2, 0.25) is 0 Å². The molecule has 4 aliphatic carbocycles. The first-order valence-corrected chi connectivity index (χ1v) is 14.5. The van der Waals surface area contributed by atoms with Gasteiger partial charge in [-0.15, -0.1) is 0 Å². The molecule has 1 saturated heterocycles. The van der Waals surface area contributed by atoms with Crippen LogP contribution in [-0.4, -0.2) is 32.2 Å². The van der Waals surface area contributed by atoms with Gasteiger partial charge in [0.1, 0.15) is 11.6 Å². The normalized spacial score (nSPS) is 36.0. The van der Waals surface area contributed by atoms with Crippen molar-refractivity contribution >= 4 is 12.6 Å². The molecule has 1 heterocycles. The molecular weight excluding hydrogens is 490 g/mol. The summed E-state index contributed by atoms with van der Waals surface area (Å²) in [6.07, 6.45) is 6.94. The Morgan fingerprint density at radius 2 is 1.31 bits per heavy atom. The first kappa shape index (κ1) is 27.3. The van der Waals surface area contributed by atoms with Gasteiger partial charge in [-0.2, -0.15) is 0 Å². The molecule has 1 aliphatic heterocycles. The zero-order valence-corrected chi connectivity index (χ0v) is 25.0. The van der Waals surface area contributed by atoms with Crippen molar-refractivity contribution in [3.05, 3.63) is 47.8 Å². The van der Waals surface area contributed by atoms with Gasteiger partial charge in [-0.05, 0) is 106 Å². The highest BCUT2D eigenvalue weighted by Gasteiger charge is 2.65. The summed E-state index contributed by atoms with van der Waals surface area (Å²) < 4.78 is 40.6.